The smallest absolute Gasteiger partial charge is 0.335 e. The van der Waals surface area contributed by atoms with Crippen LogP contribution in [0.2, 0.25) is 0 Å². The Labute approximate surface area is 206 Å². The summed E-state index contributed by atoms with van der Waals surface area (Å²) in [5.74, 6) is -0.360. The summed E-state index contributed by atoms with van der Waals surface area (Å²) in [7, 11) is 0. The number of nitrogens with one attached hydrogen (secondary N) is 1. The maximum absolute atomic E-state index is 12.5. The molecule has 1 fully saturated rings. The number of benzene rings is 2. The number of nitriles is 1. The molecule has 0 aliphatic heterocycles. The summed E-state index contributed by atoms with van der Waals surface area (Å²) < 4.78 is 12.5. The molecule has 0 unspecified atom stereocenters. The topological polar surface area (TPSA) is 109 Å². The fraction of sp³-hybridized carbons (Fsp3) is 0.320. The highest BCUT2D eigenvalue weighted by molar-refractivity contribution is 14.1. The lowest BCUT2D eigenvalue weighted by atomic mass is 10.1. The van der Waals surface area contributed by atoms with Crippen molar-refractivity contribution in [2.75, 3.05) is 6.61 Å². The zero-order valence-electron chi connectivity index (χ0n) is 18.3. The van der Waals surface area contributed by atoms with Crippen molar-refractivity contribution in [3.63, 3.8) is 0 Å². The van der Waals surface area contributed by atoms with Gasteiger partial charge in [0, 0.05) is 6.04 Å². The van der Waals surface area contributed by atoms with Crippen molar-refractivity contribution >= 4 is 40.5 Å². The van der Waals surface area contributed by atoms with Crippen molar-refractivity contribution in [1.29, 1.82) is 5.26 Å². The summed E-state index contributed by atoms with van der Waals surface area (Å²) in [6, 6.07) is 12.2. The van der Waals surface area contributed by atoms with Gasteiger partial charge in [-0.15, -0.1) is 0 Å². The predicted octanol–water partition coefficient (Wildman–Crippen LogP) is 4.93. The van der Waals surface area contributed by atoms with Crippen molar-refractivity contribution in [2.24, 2.45) is 0 Å². The molecule has 33 heavy (non-hydrogen) atoms. The van der Waals surface area contributed by atoms with Crippen LogP contribution in [0.4, 0.5) is 0 Å². The molecule has 8 heteroatoms. The van der Waals surface area contributed by atoms with E-state index in [1.807, 2.05) is 19.1 Å². The van der Waals surface area contributed by atoms with E-state index in [0.29, 0.717) is 29.2 Å². The summed E-state index contributed by atoms with van der Waals surface area (Å²) in [5.41, 5.74) is 1.60. The second-order valence-corrected chi connectivity index (χ2v) is 8.84. The van der Waals surface area contributed by atoms with E-state index in [9.17, 15) is 20.0 Å². The summed E-state index contributed by atoms with van der Waals surface area (Å²) in [5, 5.41) is 21.6. The minimum atomic E-state index is -0.997. The third-order valence-electron chi connectivity index (χ3n) is 5.26. The number of amides is 1. The van der Waals surface area contributed by atoms with Crippen LogP contribution in [-0.4, -0.2) is 29.6 Å². The van der Waals surface area contributed by atoms with Crippen LogP contribution < -0.4 is 14.8 Å². The van der Waals surface area contributed by atoms with Gasteiger partial charge in [-0.1, -0.05) is 25.0 Å². The maximum atomic E-state index is 12.5. The minimum absolute atomic E-state index is 0.0410. The third-order valence-corrected chi connectivity index (χ3v) is 6.06. The first-order valence-electron chi connectivity index (χ1n) is 10.7. The zero-order chi connectivity index (χ0) is 23.8. The fourth-order valence-corrected chi connectivity index (χ4v) is 4.45. The first kappa shape index (κ1) is 24.6. The molecule has 0 saturated heterocycles. The standard InChI is InChI=1S/C25H25IN2O5/c1-2-32-22-13-17(11-19(14-27)24(29)28-20-8-3-4-9-20)12-21(26)23(22)33-15-16-6-5-7-18(10-16)25(30)31/h5-7,10-13,20H,2-4,8-9,15H2,1H3,(H,28,29)(H,30,31)/b19-11-. The third kappa shape index (κ3) is 6.71. The fourth-order valence-electron chi connectivity index (χ4n) is 3.67. The lowest BCUT2D eigenvalue weighted by molar-refractivity contribution is -0.117. The molecule has 0 radical (unpaired) electrons. The molecule has 7 nitrogen and oxygen atoms in total. The van der Waals surface area contributed by atoms with Crippen LogP contribution in [-0.2, 0) is 11.4 Å². The molecule has 1 amide bonds. The molecule has 2 N–H and O–H groups in total. The lowest BCUT2D eigenvalue weighted by Gasteiger charge is -2.15. The number of hydrogen-bond donors (Lipinski definition) is 2. The normalized spacial score (nSPS) is 13.9. The van der Waals surface area contributed by atoms with Crippen molar-refractivity contribution in [1.82, 2.24) is 5.32 Å². The first-order valence-corrected chi connectivity index (χ1v) is 11.8. The lowest BCUT2D eigenvalue weighted by Crippen LogP contribution is -2.33. The second-order valence-electron chi connectivity index (χ2n) is 7.68. The zero-order valence-corrected chi connectivity index (χ0v) is 20.4. The number of carbonyl (C=O) groups is 2. The summed E-state index contributed by atoms with van der Waals surface area (Å²) in [6.07, 6.45) is 5.62. The monoisotopic (exact) mass is 560 g/mol. The number of aromatic carboxylic acids is 1. The average Bonchev–Trinajstić information content (AvgIpc) is 3.30. The number of rotatable bonds is 9. The van der Waals surface area contributed by atoms with Gasteiger partial charge in [-0.2, -0.15) is 5.26 Å². The number of carbonyl (C=O) groups excluding carboxylic acids is 1. The number of halogens is 1. The Hall–Kier alpha value is -3.06. The Balaban J connectivity index is 1.81. The maximum Gasteiger partial charge on any atom is 0.335 e. The molecule has 1 aliphatic rings. The van der Waals surface area contributed by atoms with E-state index in [0.717, 1.165) is 29.3 Å². The number of ether oxygens (including phenoxy) is 2. The Morgan fingerprint density at radius 3 is 2.67 bits per heavy atom. The van der Waals surface area contributed by atoms with Crippen molar-refractivity contribution in [3.8, 4) is 17.6 Å². The molecular weight excluding hydrogens is 535 g/mol. The van der Waals surface area contributed by atoms with Gasteiger partial charge in [-0.25, -0.2) is 4.79 Å². The quantitative estimate of drug-likeness (QED) is 0.256. The van der Waals surface area contributed by atoms with E-state index in [2.05, 4.69) is 27.9 Å². The molecule has 0 bridgehead atoms. The van der Waals surface area contributed by atoms with E-state index >= 15 is 0 Å². The number of hydrogen-bond acceptors (Lipinski definition) is 5. The first-order chi connectivity index (χ1) is 15.9. The molecule has 1 saturated carbocycles. The Kier molecular flexibility index (Phi) is 8.72. The molecule has 3 rings (SSSR count). The van der Waals surface area contributed by atoms with Crippen molar-refractivity contribution < 1.29 is 24.2 Å². The predicted molar refractivity (Wildman–Crippen MR) is 132 cm³/mol. The molecule has 2 aromatic rings. The molecule has 1 aliphatic carbocycles. The summed E-state index contributed by atoms with van der Waals surface area (Å²) in [4.78, 5) is 23.7. The number of carboxylic acid groups (broad SMARTS) is 1. The Bertz CT molecular complexity index is 1100. The van der Waals surface area contributed by atoms with Crippen molar-refractivity contribution in [3.05, 3.63) is 62.2 Å². The van der Waals surface area contributed by atoms with Gasteiger partial charge in [0.25, 0.3) is 5.91 Å². The molecule has 2 aromatic carbocycles. The molecule has 172 valence electrons. The largest absolute Gasteiger partial charge is 0.490 e. The van der Waals surface area contributed by atoms with E-state index in [1.165, 1.54) is 6.07 Å². The van der Waals surface area contributed by atoms with Crippen LogP contribution in [0.1, 0.15) is 54.1 Å². The van der Waals surface area contributed by atoms with Gasteiger partial charge in [0.2, 0.25) is 0 Å². The van der Waals surface area contributed by atoms with Gasteiger partial charge < -0.3 is 19.9 Å². The SMILES string of the molecule is CCOc1cc(/C=C(/C#N)C(=O)NC2CCCC2)cc(I)c1OCc1cccc(C(=O)O)c1. The van der Waals surface area contributed by atoms with Gasteiger partial charge in [0.15, 0.2) is 11.5 Å². The van der Waals surface area contributed by atoms with Gasteiger partial charge in [-0.05, 0) is 83.8 Å². The number of nitrogens with zero attached hydrogens (tertiary/aromatic N) is 1. The van der Waals surface area contributed by atoms with Crippen LogP contribution in [0.25, 0.3) is 6.08 Å². The van der Waals surface area contributed by atoms with Gasteiger partial charge >= 0.3 is 5.97 Å². The van der Waals surface area contributed by atoms with Gasteiger partial charge in [-0.3, -0.25) is 4.79 Å². The highest BCUT2D eigenvalue weighted by atomic mass is 127. The number of carboxylic acids is 1. The van der Waals surface area contributed by atoms with Crippen LogP contribution in [0.5, 0.6) is 11.5 Å². The molecule has 0 spiro atoms. The molecule has 0 heterocycles. The molecule has 0 atom stereocenters. The van der Waals surface area contributed by atoms with Crippen LogP contribution in [0.15, 0.2) is 42.0 Å². The Morgan fingerprint density at radius 2 is 2.00 bits per heavy atom. The van der Waals surface area contributed by atoms with Gasteiger partial charge in [0.05, 0.1) is 15.7 Å². The van der Waals surface area contributed by atoms with E-state index in [1.54, 1.807) is 30.3 Å². The average molecular weight is 560 g/mol. The van der Waals surface area contributed by atoms with E-state index in [-0.39, 0.29) is 29.7 Å². The highest BCUT2D eigenvalue weighted by Crippen LogP contribution is 2.35. The molecule has 0 aromatic heterocycles. The highest BCUT2D eigenvalue weighted by Gasteiger charge is 2.20. The Morgan fingerprint density at radius 1 is 1.24 bits per heavy atom. The van der Waals surface area contributed by atoms with E-state index in [4.69, 9.17) is 9.47 Å². The van der Waals surface area contributed by atoms with Crippen LogP contribution in [0.3, 0.4) is 0 Å². The second kappa shape index (κ2) is 11.7. The van der Waals surface area contributed by atoms with Gasteiger partial charge in [0.1, 0.15) is 18.2 Å². The minimum Gasteiger partial charge on any atom is -0.490 e. The summed E-state index contributed by atoms with van der Waals surface area (Å²) in [6.45, 7) is 2.42. The summed E-state index contributed by atoms with van der Waals surface area (Å²) >= 11 is 2.12. The van der Waals surface area contributed by atoms with Crippen molar-refractivity contribution in [2.45, 2.75) is 45.3 Å². The van der Waals surface area contributed by atoms with E-state index < -0.39 is 5.97 Å². The molecular formula is C25H25IN2O5. The van der Waals surface area contributed by atoms with Crippen LogP contribution >= 0.6 is 22.6 Å². The van der Waals surface area contributed by atoms with Crippen LogP contribution in [0, 0.1) is 14.9 Å².